The van der Waals surface area contributed by atoms with E-state index in [1.165, 1.54) is 33.1 Å². The first-order chi connectivity index (χ1) is 22.7. The van der Waals surface area contributed by atoms with E-state index in [1.807, 2.05) is 0 Å². The maximum absolute atomic E-state index is 13.6. The SMILES string of the molecule is C=C1/C=C\[C@H](OC(C)=O)[C@@]2(C)[C@@H](OC(=O)CC(C)C)[C@@H](OC(C)=O)[C@@H](OC(C)=O)[C@]3(CO3)[C@@H]2[C@H](OC(C)=O)[C@]2(O)[C@@H](C)C(=O)O[C@H]2[C@@H]1OC. The summed E-state index contributed by atoms with van der Waals surface area (Å²) in [5.41, 5.74) is -5.82. The summed E-state index contributed by atoms with van der Waals surface area (Å²) in [7, 11) is 1.30. The van der Waals surface area contributed by atoms with Crippen molar-refractivity contribution in [3.05, 3.63) is 24.3 Å². The van der Waals surface area contributed by atoms with Crippen LogP contribution in [0.1, 0.15) is 61.8 Å². The predicted molar refractivity (Wildman–Crippen MR) is 165 cm³/mol. The lowest BCUT2D eigenvalue weighted by atomic mass is 9.51. The van der Waals surface area contributed by atoms with Crippen molar-refractivity contribution >= 4 is 35.8 Å². The van der Waals surface area contributed by atoms with Crippen molar-refractivity contribution in [2.75, 3.05) is 13.7 Å². The minimum absolute atomic E-state index is 0.0942. The molecule has 2 aliphatic heterocycles. The molecule has 2 aliphatic carbocycles. The van der Waals surface area contributed by atoms with Crippen molar-refractivity contribution in [2.45, 2.75) is 116 Å². The number of hydrogen-bond acceptors (Lipinski definition) is 15. The van der Waals surface area contributed by atoms with Crippen molar-refractivity contribution in [1.82, 2.24) is 0 Å². The van der Waals surface area contributed by atoms with E-state index in [9.17, 15) is 33.9 Å². The second-order valence-electron chi connectivity index (χ2n) is 13.8. The Morgan fingerprint density at radius 2 is 1.49 bits per heavy atom. The zero-order chi connectivity index (χ0) is 36.8. The molecule has 0 amide bonds. The highest BCUT2D eigenvalue weighted by Crippen LogP contribution is 2.63. The Kier molecular flexibility index (Phi) is 10.7. The van der Waals surface area contributed by atoms with Crippen molar-refractivity contribution in [3.63, 3.8) is 0 Å². The van der Waals surface area contributed by atoms with Crippen molar-refractivity contribution in [2.24, 2.45) is 23.2 Å². The Morgan fingerprint density at radius 3 is 1.98 bits per heavy atom. The van der Waals surface area contributed by atoms with Crippen LogP contribution in [-0.4, -0.2) is 109 Å². The lowest BCUT2D eigenvalue weighted by molar-refractivity contribution is -0.283. The molecule has 0 aromatic rings. The molecule has 15 nitrogen and oxygen atoms in total. The summed E-state index contributed by atoms with van der Waals surface area (Å²) < 4.78 is 47.2. The zero-order valence-corrected chi connectivity index (χ0v) is 29.2. The standard InChI is InChI=1S/C34H46O15/c1-15(2)13-23(39)48-27-25(45-19(6)36)28(46-20(7)37)33(14-43-33)26-30(47-21(8)38)34(41)17(4)31(40)49-29(34)24(42-10)16(3)11-12-22(32(26,27)9)44-18(5)35/h11-12,15,17,22,24-30,41H,3,13-14H2,1-2,4-10H3/b12-11-/t17-,22-,24+,25+,26+,27-,28+,29-,30-,32+,33-,34-/m0/s1. The molecular formula is C34H46O15. The lowest BCUT2D eigenvalue weighted by Crippen LogP contribution is -2.76. The van der Waals surface area contributed by atoms with E-state index in [4.69, 9.17) is 37.9 Å². The molecule has 0 bridgehead atoms. The van der Waals surface area contributed by atoms with Gasteiger partial charge in [0, 0.05) is 47.1 Å². The van der Waals surface area contributed by atoms with Crippen LogP contribution in [0.25, 0.3) is 0 Å². The minimum atomic E-state index is -2.41. The number of rotatable bonds is 8. The van der Waals surface area contributed by atoms with Crippen molar-refractivity contribution in [3.8, 4) is 0 Å². The maximum atomic E-state index is 13.6. The molecule has 2 heterocycles. The number of carbonyl (C=O) groups is 6. The second-order valence-corrected chi connectivity index (χ2v) is 13.8. The minimum Gasteiger partial charge on any atom is -0.459 e. The number of aliphatic hydroxyl groups is 1. The highest BCUT2D eigenvalue weighted by atomic mass is 16.7. The number of fused-ring (bicyclic) bond motifs is 3. The Bertz CT molecular complexity index is 1410. The fraction of sp³-hybridized carbons (Fsp3) is 0.706. The van der Waals surface area contributed by atoms with E-state index in [-0.39, 0.29) is 24.5 Å². The molecule has 2 saturated heterocycles. The average Bonchev–Trinajstić information content (AvgIpc) is 3.73. The molecule has 12 atom stereocenters. The maximum Gasteiger partial charge on any atom is 0.312 e. The van der Waals surface area contributed by atoms with Gasteiger partial charge in [0.25, 0.3) is 0 Å². The molecule has 0 aromatic heterocycles. The van der Waals surface area contributed by atoms with Gasteiger partial charge < -0.3 is 43.0 Å². The summed E-state index contributed by atoms with van der Waals surface area (Å²) >= 11 is 0. The number of epoxide rings is 1. The predicted octanol–water partition coefficient (Wildman–Crippen LogP) is 1.51. The third kappa shape index (κ3) is 6.72. The number of carbonyl (C=O) groups excluding carboxylic acids is 6. The zero-order valence-electron chi connectivity index (χ0n) is 29.2. The molecule has 0 aromatic carbocycles. The average molecular weight is 695 g/mol. The van der Waals surface area contributed by atoms with Gasteiger partial charge in [0.15, 0.2) is 30.0 Å². The summed E-state index contributed by atoms with van der Waals surface area (Å²) in [5, 5.41) is 12.9. The van der Waals surface area contributed by atoms with E-state index in [2.05, 4.69) is 6.58 Å². The third-order valence-corrected chi connectivity index (χ3v) is 9.88. The molecule has 3 fully saturated rings. The fourth-order valence-electron chi connectivity index (χ4n) is 7.80. The van der Waals surface area contributed by atoms with E-state index in [0.29, 0.717) is 0 Å². The molecule has 4 aliphatic rings. The highest BCUT2D eigenvalue weighted by Gasteiger charge is 2.81. The van der Waals surface area contributed by atoms with Crippen LogP contribution in [0.15, 0.2) is 24.3 Å². The van der Waals surface area contributed by atoms with E-state index >= 15 is 0 Å². The van der Waals surface area contributed by atoms with Gasteiger partial charge in [0.1, 0.15) is 23.9 Å². The van der Waals surface area contributed by atoms with E-state index < -0.39 is 107 Å². The molecular weight excluding hydrogens is 648 g/mol. The van der Waals surface area contributed by atoms with Crippen LogP contribution in [0, 0.1) is 23.2 Å². The number of hydrogen-bond donors (Lipinski definition) is 1. The van der Waals surface area contributed by atoms with Crippen LogP contribution in [0.4, 0.5) is 0 Å². The highest BCUT2D eigenvalue weighted by molar-refractivity contribution is 5.78. The fourth-order valence-corrected chi connectivity index (χ4v) is 7.80. The monoisotopic (exact) mass is 694 g/mol. The molecule has 1 saturated carbocycles. The van der Waals surface area contributed by atoms with Crippen LogP contribution in [-0.2, 0) is 66.7 Å². The van der Waals surface area contributed by atoms with Gasteiger partial charge in [-0.15, -0.1) is 0 Å². The first-order valence-corrected chi connectivity index (χ1v) is 16.1. The Labute approximate surface area is 284 Å². The largest absolute Gasteiger partial charge is 0.459 e. The first kappa shape index (κ1) is 38.0. The smallest absolute Gasteiger partial charge is 0.312 e. The summed E-state index contributed by atoms with van der Waals surface area (Å²) in [6.07, 6.45) is -7.83. The van der Waals surface area contributed by atoms with Gasteiger partial charge in [0.05, 0.1) is 17.9 Å². The van der Waals surface area contributed by atoms with Gasteiger partial charge in [0.2, 0.25) is 0 Å². The van der Waals surface area contributed by atoms with Gasteiger partial charge in [-0.25, -0.2) is 0 Å². The molecule has 15 heteroatoms. The van der Waals surface area contributed by atoms with Crippen LogP contribution >= 0.6 is 0 Å². The second kappa shape index (κ2) is 13.8. The molecule has 1 spiro atoms. The van der Waals surface area contributed by atoms with Crippen LogP contribution in [0.5, 0.6) is 0 Å². The summed E-state index contributed by atoms with van der Waals surface area (Å²) in [6.45, 7) is 14.8. The quantitative estimate of drug-likeness (QED) is 0.218. The molecule has 49 heavy (non-hydrogen) atoms. The van der Waals surface area contributed by atoms with Crippen LogP contribution in [0.3, 0.4) is 0 Å². The number of methoxy groups -OCH3 is 1. The molecule has 0 unspecified atom stereocenters. The summed E-state index contributed by atoms with van der Waals surface area (Å²) in [6, 6.07) is 0. The third-order valence-electron chi connectivity index (χ3n) is 9.88. The first-order valence-electron chi connectivity index (χ1n) is 16.1. The molecule has 0 radical (unpaired) electrons. The Hall–Kier alpha value is -3.82. The molecule has 1 N–H and O–H groups in total. The van der Waals surface area contributed by atoms with Gasteiger partial charge in [-0.1, -0.05) is 33.4 Å². The molecule has 4 rings (SSSR count). The van der Waals surface area contributed by atoms with Crippen molar-refractivity contribution in [1.29, 1.82) is 0 Å². The van der Waals surface area contributed by atoms with E-state index in [1.54, 1.807) is 13.8 Å². The molecule has 272 valence electrons. The lowest BCUT2D eigenvalue weighted by Gasteiger charge is -2.59. The number of esters is 6. The number of ether oxygens (including phenoxy) is 8. The van der Waals surface area contributed by atoms with E-state index in [0.717, 1.165) is 27.7 Å². The van der Waals surface area contributed by atoms with Crippen molar-refractivity contribution < 1.29 is 71.8 Å². The van der Waals surface area contributed by atoms with Crippen LogP contribution in [0.2, 0.25) is 0 Å². The summed E-state index contributed by atoms with van der Waals surface area (Å²) in [4.78, 5) is 78.1. The summed E-state index contributed by atoms with van der Waals surface area (Å²) in [5.74, 6) is -7.92. The van der Waals surface area contributed by atoms with Gasteiger partial charge in [-0.05, 0) is 24.5 Å². The normalized spacial score (nSPS) is 40.3. The van der Waals surface area contributed by atoms with Gasteiger partial charge in [-0.3, -0.25) is 28.8 Å². The Balaban J connectivity index is 2.18. The topological polar surface area (TPSA) is 200 Å². The van der Waals surface area contributed by atoms with Gasteiger partial charge >= 0.3 is 35.8 Å². The van der Waals surface area contributed by atoms with Crippen LogP contribution < -0.4 is 0 Å². The van der Waals surface area contributed by atoms with Gasteiger partial charge in [-0.2, -0.15) is 0 Å². The Morgan fingerprint density at radius 1 is 0.939 bits per heavy atom.